The number of aliphatic hydroxyl groups is 1. The van der Waals surface area contributed by atoms with Gasteiger partial charge in [0.1, 0.15) is 10.8 Å². The molecule has 0 saturated heterocycles. The molecule has 3 aromatic carbocycles. The van der Waals surface area contributed by atoms with E-state index in [1.165, 1.54) is 16.2 Å². The predicted molar refractivity (Wildman–Crippen MR) is 155 cm³/mol. The lowest BCUT2D eigenvalue weighted by molar-refractivity contribution is -0.117. The summed E-state index contributed by atoms with van der Waals surface area (Å²) in [6.07, 6.45) is 0.868. The third-order valence-electron chi connectivity index (χ3n) is 6.67. The fourth-order valence-electron chi connectivity index (χ4n) is 4.75. The molecule has 1 amide bonds. The Morgan fingerprint density at radius 1 is 1.03 bits per heavy atom. The summed E-state index contributed by atoms with van der Waals surface area (Å²) in [6.45, 7) is 7.73. The minimum Gasteiger partial charge on any atom is -0.503 e. The number of hydrogen-bond acceptors (Lipinski definition) is 6. The van der Waals surface area contributed by atoms with Crippen molar-refractivity contribution in [2.45, 2.75) is 46.3 Å². The van der Waals surface area contributed by atoms with E-state index in [1.807, 2.05) is 68.4 Å². The highest BCUT2D eigenvalue weighted by Crippen LogP contribution is 2.43. The molecule has 0 fully saturated rings. The number of carbonyl (C=O) groups excluding carboxylic acids is 2. The van der Waals surface area contributed by atoms with Gasteiger partial charge in [0, 0.05) is 11.3 Å². The van der Waals surface area contributed by atoms with Crippen LogP contribution in [0.25, 0.3) is 10.6 Å². The maximum atomic E-state index is 14.1. The highest BCUT2D eigenvalue weighted by atomic mass is 32.1. The van der Waals surface area contributed by atoms with Crippen molar-refractivity contribution in [1.82, 2.24) is 4.98 Å². The van der Waals surface area contributed by atoms with Crippen LogP contribution in [0.2, 0.25) is 0 Å². The predicted octanol–water partition coefficient (Wildman–Crippen LogP) is 7.25. The molecular weight excluding hydrogens is 508 g/mol. The fourth-order valence-corrected chi connectivity index (χ4v) is 5.77. The van der Waals surface area contributed by atoms with Gasteiger partial charge < -0.3 is 9.84 Å². The summed E-state index contributed by atoms with van der Waals surface area (Å²) in [5.41, 5.74) is 3.95. The molecule has 1 aliphatic rings. The van der Waals surface area contributed by atoms with Crippen molar-refractivity contribution < 1.29 is 19.4 Å². The summed E-state index contributed by atoms with van der Waals surface area (Å²) in [4.78, 5) is 34.2. The van der Waals surface area contributed by atoms with Crippen molar-refractivity contribution >= 4 is 28.7 Å². The second kappa shape index (κ2) is 10.9. The smallest absolute Gasteiger partial charge is 0.294 e. The van der Waals surface area contributed by atoms with Gasteiger partial charge in [-0.1, -0.05) is 61.5 Å². The van der Waals surface area contributed by atoms with Crippen LogP contribution >= 0.6 is 11.3 Å². The van der Waals surface area contributed by atoms with Crippen LogP contribution in [-0.2, 0) is 11.2 Å². The maximum absolute atomic E-state index is 14.1. The van der Waals surface area contributed by atoms with Gasteiger partial charge in [0.25, 0.3) is 5.91 Å². The normalized spacial score (nSPS) is 15.4. The quantitative estimate of drug-likeness (QED) is 0.239. The second-order valence-electron chi connectivity index (χ2n) is 9.72. The number of aromatic nitrogens is 1. The van der Waals surface area contributed by atoms with Crippen LogP contribution in [0.15, 0.2) is 90.2 Å². The minimum absolute atomic E-state index is 0.00690. The number of ketones is 1. The summed E-state index contributed by atoms with van der Waals surface area (Å²) in [6, 6.07) is 23.8. The van der Waals surface area contributed by atoms with E-state index in [0.29, 0.717) is 27.0 Å². The number of ether oxygens (including phenoxy) is 1. The first kappa shape index (κ1) is 26.4. The zero-order valence-electron chi connectivity index (χ0n) is 22.3. The Hall–Kier alpha value is -4.23. The topological polar surface area (TPSA) is 79.7 Å². The van der Waals surface area contributed by atoms with Gasteiger partial charge in [0.2, 0.25) is 5.78 Å². The van der Waals surface area contributed by atoms with Gasteiger partial charge in [0.05, 0.1) is 28.3 Å². The molecule has 0 spiro atoms. The molecule has 1 aliphatic heterocycles. The van der Waals surface area contributed by atoms with Gasteiger partial charge in [-0.2, -0.15) is 0 Å². The zero-order valence-corrected chi connectivity index (χ0v) is 23.2. The Morgan fingerprint density at radius 2 is 1.69 bits per heavy atom. The van der Waals surface area contributed by atoms with Gasteiger partial charge in [-0.25, -0.2) is 4.98 Å². The molecule has 0 radical (unpaired) electrons. The molecule has 1 N–H and O–H groups in total. The Labute approximate surface area is 232 Å². The van der Waals surface area contributed by atoms with Crippen LogP contribution in [0.4, 0.5) is 5.69 Å². The van der Waals surface area contributed by atoms with E-state index in [4.69, 9.17) is 4.74 Å². The number of rotatable bonds is 8. The molecular formula is C32H30N2O4S. The van der Waals surface area contributed by atoms with Gasteiger partial charge >= 0.3 is 0 Å². The van der Waals surface area contributed by atoms with E-state index in [-0.39, 0.29) is 11.7 Å². The van der Waals surface area contributed by atoms with Crippen molar-refractivity contribution in [3.05, 3.63) is 112 Å². The van der Waals surface area contributed by atoms with Crippen molar-refractivity contribution in [2.75, 3.05) is 4.90 Å². The molecule has 4 aromatic rings. The van der Waals surface area contributed by atoms with Gasteiger partial charge in [-0.15, -0.1) is 11.3 Å². The van der Waals surface area contributed by atoms with Crippen molar-refractivity contribution in [3.8, 4) is 16.3 Å². The highest BCUT2D eigenvalue weighted by molar-refractivity contribution is 7.17. The lowest BCUT2D eigenvalue weighted by atomic mass is 9.94. The van der Waals surface area contributed by atoms with Crippen molar-refractivity contribution in [1.29, 1.82) is 0 Å². The number of amides is 1. The number of Topliss-reactive ketones (excluding diaryl/α,β-unsaturated/α-hetero) is 1. The largest absolute Gasteiger partial charge is 0.503 e. The van der Waals surface area contributed by atoms with Crippen LogP contribution < -0.4 is 9.64 Å². The number of thiazole rings is 1. The molecule has 1 unspecified atom stereocenters. The average molecular weight is 539 g/mol. The average Bonchev–Trinajstić information content (AvgIpc) is 3.46. The summed E-state index contributed by atoms with van der Waals surface area (Å²) in [5.74, 6) is -0.886. The second-order valence-corrected chi connectivity index (χ2v) is 10.7. The van der Waals surface area contributed by atoms with Crippen molar-refractivity contribution in [2.24, 2.45) is 0 Å². The Balaban J connectivity index is 1.59. The Bertz CT molecular complexity index is 1540. The number of anilines is 1. The third-order valence-corrected chi connectivity index (χ3v) is 7.87. The molecule has 0 saturated carbocycles. The van der Waals surface area contributed by atoms with Crippen LogP contribution in [-0.4, -0.2) is 27.9 Å². The van der Waals surface area contributed by atoms with E-state index in [0.717, 1.165) is 23.1 Å². The highest BCUT2D eigenvalue weighted by Gasteiger charge is 2.45. The number of aliphatic hydroxyl groups excluding tert-OH is 1. The molecule has 0 bridgehead atoms. The molecule has 5 rings (SSSR count). The van der Waals surface area contributed by atoms with Crippen LogP contribution in [0.1, 0.15) is 53.3 Å². The first-order chi connectivity index (χ1) is 18.8. The SMILES string of the molecule is CCc1ccc(C2C(C(=O)c3sc(-c4ccccc4)nc3C)=C(O)C(=O)N2c2ccc(OC(C)C)cc2)cc1. The van der Waals surface area contributed by atoms with E-state index >= 15 is 0 Å². The lowest BCUT2D eigenvalue weighted by Crippen LogP contribution is -2.31. The molecule has 1 atom stereocenters. The Kier molecular flexibility index (Phi) is 7.35. The van der Waals surface area contributed by atoms with Crippen LogP contribution in [0.3, 0.4) is 0 Å². The monoisotopic (exact) mass is 538 g/mol. The molecule has 6 nitrogen and oxygen atoms in total. The standard InChI is InChI=1S/C32H30N2O4S/c1-5-21-11-13-22(14-12-21)27-26(28(35)30-20(4)33-31(39-30)23-9-7-6-8-10-23)29(36)32(37)34(27)24-15-17-25(18-16-24)38-19(2)3/h6-19,27,36H,5H2,1-4H3. The van der Waals surface area contributed by atoms with Gasteiger partial charge in [0.15, 0.2) is 5.76 Å². The lowest BCUT2D eigenvalue weighted by Gasteiger charge is -2.27. The first-order valence-electron chi connectivity index (χ1n) is 13.0. The van der Waals surface area contributed by atoms with Crippen LogP contribution in [0, 0.1) is 6.92 Å². The molecule has 198 valence electrons. The summed E-state index contributed by atoms with van der Waals surface area (Å²) in [7, 11) is 0. The van der Waals surface area contributed by atoms with E-state index in [2.05, 4.69) is 11.9 Å². The van der Waals surface area contributed by atoms with E-state index in [1.54, 1.807) is 31.2 Å². The number of nitrogens with zero attached hydrogens (tertiary/aromatic N) is 2. The molecule has 0 aliphatic carbocycles. The van der Waals surface area contributed by atoms with Crippen molar-refractivity contribution in [3.63, 3.8) is 0 Å². The molecule has 39 heavy (non-hydrogen) atoms. The molecule has 1 aromatic heterocycles. The van der Waals surface area contributed by atoms with Gasteiger partial charge in [-0.05, 0) is 62.6 Å². The zero-order chi connectivity index (χ0) is 27.7. The molecule has 7 heteroatoms. The fraction of sp³-hybridized carbons (Fsp3) is 0.219. The van der Waals surface area contributed by atoms with E-state index in [9.17, 15) is 14.7 Å². The number of carbonyl (C=O) groups is 2. The first-order valence-corrected chi connectivity index (χ1v) is 13.8. The third kappa shape index (κ3) is 5.10. The van der Waals surface area contributed by atoms with Crippen LogP contribution in [0.5, 0.6) is 5.75 Å². The number of aryl methyl sites for hydroxylation is 2. The maximum Gasteiger partial charge on any atom is 0.294 e. The molecule has 2 heterocycles. The van der Waals surface area contributed by atoms with Gasteiger partial charge in [-0.3, -0.25) is 14.5 Å². The summed E-state index contributed by atoms with van der Waals surface area (Å²) in [5, 5.41) is 11.9. The summed E-state index contributed by atoms with van der Waals surface area (Å²) >= 11 is 1.27. The Morgan fingerprint density at radius 3 is 2.31 bits per heavy atom. The summed E-state index contributed by atoms with van der Waals surface area (Å²) < 4.78 is 5.76. The minimum atomic E-state index is -0.797. The number of benzene rings is 3. The van der Waals surface area contributed by atoms with E-state index < -0.39 is 23.5 Å². The number of hydrogen-bond donors (Lipinski definition) is 1.